The van der Waals surface area contributed by atoms with Crippen LogP contribution < -0.4 is 4.52 Å². The van der Waals surface area contributed by atoms with E-state index in [1.54, 1.807) is 0 Å². The van der Waals surface area contributed by atoms with Crippen LogP contribution in [-0.4, -0.2) is 16.3 Å². The number of nitrogens with zero attached hydrogens (tertiary/aromatic N) is 1. The van der Waals surface area contributed by atoms with Gasteiger partial charge in [-0.05, 0) is 30.4 Å². The number of non-ortho nitro benzene ring substituents is 1. The van der Waals surface area contributed by atoms with Crippen LogP contribution in [0.3, 0.4) is 0 Å². The quantitative estimate of drug-likeness (QED) is 0.480. The zero-order chi connectivity index (χ0) is 13.3. The smallest absolute Gasteiger partial charge is 0.417 e. The molecule has 0 radical (unpaired) electrons. The molecular weight excluding hydrogens is 277 g/mol. The van der Waals surface area contributed by atoms with Crippen molar-refractivity contribution in [1.82, 2.24) is 0 Å². The summed E-state index contributed by atoms with van der Waals surface area (Å²) < 4.78 is 22.8. The third-order valence-electron chi connectivity index (χ3n) is 2.52. The lowest BCUT2D eigenvalue weighted by Gasteiger charge is -2.11. The Morgan fingerprint density at radius 2 is 2.00 bits per heavy atom. The maximum atomic E-state index is 12.2. The minimum Gasteiger partial charge on any atom is -0.417 e. The van der Waals surface area contributed by atoms with E-state index in [0.29, 0.717) is 5.75 Å². The number of benzene rings is 1. The van der Waals surface area contributed by atoms with Crippen molar-refractivity contribution < 1.29 is 18.5 Å². The molecule has 1 aromatic carbocycles. The molecule has 0 amide bonds. The van der Waals surface area contributed by atoms with Gasteiger partial charge in [0.15, 0.2) is 0 Å². The summed E-state index contributed by atoms with van der Waals surface area (Å²) in [5.74, 6) is 0.303. The van der Waals surface area contributed by atoms with E-state index in [0.717, 1.165) is 11.4 Å². The highest BCUT2D eigenvalue weighted by Crippen LogP contribution is 2.68. The summed E-state index contributed by atoms with van der Waals surface area (Å²) in [6.07, 6.45) is -0.140. The predicted molar refractivity (Wildman–Crippen MR) is 68.9 cm³/mol. The van der Waals surface area contributed by atoms with E-state index in [1.807, 2.05) is 13.8 Å². The fourth-order valence-corrected chi connectivity index (χ4v) is 5.91. The highest BCUT2D eigenvalue weighted by Gasteiger charge is 2.42. The molecule has 1 saturated heterocycles. The van der Waals surface area contributed by atoms with Crippen molar-refractivity contribution in [3.8, 4) is 5.75 Å². The summed E-state index contributed by atoms with van der Waals surface area (Å²) in [5.41, 5.74) is -0.0395. The monoisotopic (exact) mass is 289 g/mol. The average molecular weight is 289 g/mol. The highest BCUT2D eigenvalue weighted by atomic mass is 32.7. The number of hydrogen-bond acceptors (Lipinski definition) is 6. The lowest BCUT2D eigenvalue weighted by molar-refractivity contribution is -0.384. The zero-order valence-electron chi connectivity index (χ0n) is 9.81. The first kappa shape index (κ1) is 13.4. The van der Waals surface area contributed by atoms with Gasteiger partial charge in [-0.1, -0.05) is 6.92 Å². The van der Waals surface area contributed by atoms with Gasteiger partial charge in [0.05, 0.1) is 11.0 Å². The fraction of sp³-hybridized carbons (Fsp3) is 0.400. The van der Waals surface area contributed by atoms with Gasteiger partial charge in [0, 0.05) is 17.4 Å². The molecule has 98 valence electrons. The van der Waals surface area contributed by atoms with Crippen LogP contribution in [0.15, 0.2) is 24.3 Å². The molecule has 8 heteroatoms. The summed E-state index contributed by atoms with van der Waals surface area (Å²) in [6.45, 7) is 0.545. The molecule has 0 saturated carbocycles. The Labute approximate surface area is 108 Å². The standard InChI is InChI=1S/C10H12NO5PS/c1-7-8(2)18-17(14,15-7)16-10-5-3-9(4-6-10)11(12)13/h3-8H,1-2H3/t7-,8+,17?/m1/s1. The third kappa shape index (κ3) is 2.85. The molecule has 0 bridgehead atoms. The largest absolute Gasteiger partial charge is 0.440 e. The molecule has 1 aromatic rings. The Hall–Kier alpha value is -1.04. The number of nitro groups is 1. The minimum atomic E-state index is -3.20. The Morgan fingerprint density at radius 1 is 1.39 bits per heavy atom. The molecular formula is C10H12NO5PS. The van der Waals surface area contributed by atoms with Crippen LogP contribution >= 0.6 is 18.2 Å². The van der Waals surface area contributed by atoms with E-state index in [1.165, 1.54) is 24.3 Å². The summed E-state index contributed by atoms with van der Waals surface area (Å²) in [6, 6.07) is 5.43. The molecule has 18 heavy (non-hydrogen) atoms. The maximum absolute atomic E-state index is 12.2. The zero-order valence-corrected chi connectivity index (χ0v) is 11.5. The second kappa shape index (κ2) is 4.91. The van der Waals surface area contributed by atoms with Crippen LogP contribution in [0.25, 0.3) is 0 Å². The number of rotatable bonds is 3. The van der Waals surface area contributed by atoms with Gasteiger partial charge < -0.3 is 4.52 Å². The normalized spacial score (nSPS) is 31.2. The van der Waals surface area contributed by atoms with Crippen molar-refractivity contribution in [2.24, 2.45) is 0 Å². The van der Waals surface area contributed by atoms with Crippen LogP contribution in [-0.2, 0) is 9.09 Å². The molecule has 3 atom stereocenters. The van der Waals surface area contributed by atoms with Crippen LogP contribution in [0.2, 0.25) is 0 Å². The Kier molecular flexibility index (Phi) is 3.66. The molecule has 1 heterocycles. The van der Waals surface area contributed by atoms with E-state index in [2.05, 4.69) is 0 Å². The number of nitro benzene ring substituents is 1. The van der Waals surface area contributed by atoms with Crippen LogP contribution in [0.4, 0.5) is 5.69 Å². The van der Waals surface area contributed by atoms with E-state index < -0.39 is 11.7 Å². The van der Waals surface area contributed by atoms with Gasteiger partial charge in [0.25, 0.3) is 5.69 Å². The van der Waals surface area contributed by atoms with Gasteiger partial charge in [-0.2, -0.15) is 0 Å². The Morgan fingerprint density at radius 3 is 2.44 bits per heavy atom. The highest BCUT2D eigenvalue weighted by molar-refractivity contribution is 8.55. The maximum Gasteiger partial charge on any atom is 0.440 e. The van der Waals surface area contributed by atoms with Gasteiger partial charge in [-0.15, -0.1) is 0 Å². The Balaban J connectivity index is 2.10. The summed E-state index contributed by atoms with van der Waals surface area (Å²) in [4.78, 5) is 9.98. The second-order valence-electron chi connectivity index (χ2n) is 3.91. The molecule has 1 aliphatic rings. The molecule has 0 spiro atoms. The lowest BCUT2D eigenvalue weighted by atomic mass is 10.3. The molecule has 1 unspecified atom stereocenters. The van der Waals surface area contributed by atoms with Gasteiger partial charge in [-0.3, -0.25) is 14.6 Å². The topological polar surface area (TPSA) is 78.7 Å². The van der Waals surface area contributed by atoms with Gasteiger partial charge in [-0.25, -0.2) is 4.57 Å². The average Bonchev–Trinajstić information content (AvgIpc) is 2.53. The van der Waals surface area contributed by atoms with Crippen molar-refractivity contribution in [2.45, 2.75) is 25.2 Å². The second-order valence-corrected chi connectivity index (χ2v) is 8.13. The van der Waals surface area contributed by atoms with Crippen LogP contribution in [0.1, 0.15) is 13.8 Å². The Bertz CT molecular complexity index is 491. The summed E-state index contributed by atoms with van der Waals surface area (Å²) in [5, 5.41) is 10.6. The van der Waals surface area contributed by atoms with Crippen molar-refractivity contribution in [3.63, 3.8) is 0 Å². The van der Waals surface area contributed by atoms with E-state index in [9.17, 15) is 14.7 Å². The molecule has 0 aliphatic carbocycles. The van der Waals surface area contributed by atoms with Crippen molar-refractivity contribution in [3.05, 3.63) is 34.4 Å². The van der Waals surface area contributed by atoms with Gasteiger partial charge in [0.2, 0.25) is 0 Å². The third-order valence-corrected chi connectivity index (χ3v) is 6.77. The molecule has 0 N–H and O–H groups in total. The van der Waals surface area contributed by atoms with Gasteiger partial charge in [0.1, 0.15) is 5.75 Å². The minimum absolute atomic E-state index is 0.0395. The summed E-state index contributed by atoms with van der Waals surface area (Å²) in [7, 11) is 0. The molecule has 2 rings (SSSR count). The van der Waals surface area contributed by atoms with E-state index in [-0.39, 0.29) is 17.0 Å². The van der Waals surface area contributed by atoms with E-state index >= 15 is 0 Å². The van der Waals surface area contributed by atoms with E-state index in [4.69, 9.17) is 9.05 Å². The first-order chi connectivity index (χ1) is 8.39. The first-order valence-electron chi connectivity index (χ1n) is 5.30. The molecule has 1 fully saturated rings. The fourth-order valence-electron chi connectivity index (χ4n) is 1.40. The van der Waals surface area contributed by atoms with Crippen LogP contribution in [0, 0.1) is 10.1 Å². The lowest BCUT2D eigenvalue weighted by Crippen LogP contribution is -2.10. The summed E-state index contributed by atoms with van der Waals surface area (Å²) >= 11 is 1.16. The van der Waals surface area contributed by atoms with Gasteiger partial charge >= 0.3 is 6.80 Å². The van der Waals surface area contributed by atoms with Crippen molar-refractivity contribution in [1.29, 1.82) is 0 Å². The predicted octanol–water partition coefficient (Wildman–Crippen LogP) is 3.62. The van der Waals surface area contributed by atoms with Crippen molar-refractivity contribution in [2.75, 3.05) is 0 Å². The van der Waals surface area contributed by atoms with Crippen LogP contribution in [0.5, 0.6) is 5.75 Å². The number of hydrogen-bond donors (Lipinski definition) is 0. The van der Waals surface area contributed by atoms with Crippen molar-refractivity contribution >= 4 is 23.9 Å². The molecule has 6 nitrogen and oxygen atoms in total. The molecule has 1 aliphatic heterocycles. The SMILES string of the molecule is C[C@@H]1SP(=O)(Oc2ccc([N+](=O)[O-])cc2)O[C@@H]1C. The molecule has 0 aromatic heterocycles. The first-order valence-corrected chi connectivity index (χ1v) is 8.33.